The van der Waals surface area contributed by atoms with E-state index in [9.17, 15) is 0 Å². The highest BCUT2D eigenvalue weighted by molar-refractivity contribution is 9.10. The number of hydrogen-bond donors (Lipinski definition) is 3. The lowest BCUT2D eigenvalue weighted by molar-refractivity contribution is 1.07. The number of nitrogen functional groups attached to an aromatic ring is 1. The van der Waals surface area contributed by atoms with Crippen LogP contribution in [0.15, 0.2) is 41.1 Å². The molecule has 0 radical (unpaired) electrons. The van der Waals surface area contributed by atoms with Crippen LogP contribution in [0, 0.1) is 0 Å². The largest absolute Gasteiger partial charge is 0.365 e. The lowest BCUT2D eigenvalue weighted by Gasteiger charge is -2.07. The SMILES string of the molecule is NNc1cncc(NCc2ccccc2Br)n1. The number of nitrogens with zero attached hydrogens (tertiary/aromatic N) is 2. The average Bonchev–Trinajstić information content (AvgIpc) is 2.38. The molecule has 1 aromatic heterocycles. The van der Waals surface area contributed by atoms with Crippen LogP contribution in [0.5, 0.6) is 0 Å². The maximum absolute atomic E-state index is 5.26. The van der Waals surface area contributed by atoms with Crippen LogP contribution in [0.25, 0.3) is 0 Å². The fourth-order valence-electron chi connectivity index (χ4n) is 1.35. The second-order valence-electron chi connectivity index (χ2n) is 3.38. The third kappa shape index (κ3) is 3.15. The van der Waals surface area contributed by atoms with Crippen molar-refractivity contribution in [1.82, 2.24) is 9.97 Å². The third-order valence-corrected chi connectivity index (χ3v) is 2.97. The van der Waals surface area contributed by atoms with Gasteiger partial charge in [-0.15, -0.1) is 0 Å². The number of rotatable bonds is 4. The van der Waals surface area contributed by atoms with Gasteiger partial charge >= 0.3 is 0 Å². The molecule has 0 atom stereocenters. The molecule has 0 saturated carbocycles. The molecule has 4 N–H and O–H groups in total. The summed E-state index contributed by atoms with van der Waals surface area (Å²) in [7, 11) is 0. The molecular weight excluding hydrogens is 282 g/mol. The summed E-state index contributed by atoms with van der Waals surface area (Å²) in [6.07, 6.45) is 3.21. The summed E-state index contributed by atoms with van der Waals surface area (Å²) in [6.45, 7) is 0.671. The van der Waals surface area contributed by atoms with E-state index in [1.807, 2.05) is 24.3 Å². The molecule has 0 fully saturated rings. The first-order valence-corrected chi connectivity index (χ1v) is 5.85. The lowest BCUT2D eigenvalue weighted by atomic mass is 10.2. The summed E-state index contributed by atoms with van der Waals surface area (Å²) in [5.74, 6) is 6.47. The van der Waals surface area contributed by atoms with Crippen LogP contribution >= 0.6 is 15.9 Å². The van der Waals surface area contributed by atoms with Crippen LogP contribution < -0.4 is 16.6 Å². The van der Waals surface area contributed by atoms with E-state index >= 15 is 0 Å². The number of hydrogen-bond acceptors (Lipinski definition) is 5. The van der Waals surface area contributed by atoms with Gasteiger partial charge < -0.3 is 10.7 Å². The number of halogens is 1. The third-order valence-electron chi connectivity index (χ3n) is 2.20. The van der Waals surface area contributed by atoms with Crippen molar-refractivity contribution in [2.75, 3.05) is 10.7 Å². The highest BCUT2D eigenvalue weighted by Gasteiger charge is 2.00. The van der Waals surface area contributed by atoms with Crippen molar-refractivity contribution in [2.24, 2.45) is 5.84 Å². The quantitative estimate of drug-likeness (QED) is 0.595. The predicted octanol–water partition coefficient (Wildman–Crippen LogP) is 2.14. The van der Waals surface area contributed by atoms with E-state index in [1.54, 1.807) is 12.4 Å². The van der Waals surface area contributed by atoms with E-state index in [4.69, 9.17) is 5.84 Å². The minimum atomic E-state index is 0.530. The Morgan fingerprint density at radius 3 is 2.71 bits per heavy atom. The zero-order valence-corrected chi connectivity index (χ0v) is 10.6. The molecule has 0 bridgehead atoms. The van der Waals surface area contributed by atoms with Gasteiger partial charge in [-0.2, -0.15) is 0 Å². The maximum atomic E-state index is 5.26. The number of hydrazine groups is 1. The van der Waals surface area contributed by atoms with Gasteiger partial charge in [0.05, 0.1) is 12.4 Å². The maximum Gasteiger partial charge on any atom is 0.160 e. The summed E-state index contributed by atoms with van der Waals surface area (Å²) in [5.41, 5.74) is 3.61. The lowest BCUT2D eigenvalue weighted by Crippen LogP contribution is -2.10. The number of nitrogens with one attached hydrogen (secondary N) is 2. The first-order chi connectivity index (χ1) is 8.29. The van der Waals surface area contributed by atoms with Crippen LogP contribution in [-0.2, 0) is 6.54 Å². The fourth-order valence-corrected chi connectivity index (χ4v) is 1.77. The van der Waals surface area contributed by atoms with E-state index in [1.165, 1.54) is 0 Å². The smallest absolute Gasteiger partial charge is 0.160 e. The van der Waals surface area contributed by atoms with E-state index in [2.05, 4.69) is 36.6 Å². The first kappa shape index (κ1) is 11.8. The van der Waals surface area contributed by atoms with Gasteiger partial charge in [0.25, 0.3) is 0 Å². The molecule has 0 aliphatic carbocycles. The Morgan fingerprint density at radius 1 is 1.18 bits per heavy atom. The number of benzene rings is 1. The molecule has 17 heavy (non-hydrogen) atoms. The Kier molecular flexibility index (Phi) is 3.89. The molecule has 88 valence electrons. The summed E-state index contributed by atoms with van der Waals surface area (Å²) >= 11 is 3.49. The summed E-state index contributed by atoms with van der Waals surface area (Å²) in [5, 5.41) is 3.18. The standard InChI is InChI=1S/C11H12BrN5/c12-9-4-2-1-3-8(9)5-15-10-6-14-7-11(16-10)17-13/h1-4,6-7H,5,13H2,(H2,15,16,17). The zero-order chi connectivity index (χ0) is 12.1. The number of aromatic nitrogens is 2. The summed E-state index contributed by atoms with van der Waals surface area (Å²) in [4.78, 5) is 8.22. The van der Waals surface area contributed by atoms with E-state index in [0.717, 1.165) is 10.0 Å². The monoisotopic (exact) mass is 293 g/mol. The molecule has 0 amide bonds. The van der Waals surface area contributed by atoms with Crippen molar-refractivity contribution in [3.05, 3.63) is 46.7 Å². The Bertz CT molecular complexity index is 503. The molecule has 0 unspecified atom stereocenters. The topological polar surface area (TPSA) is 75.9 Å². The summed E-state index contributed by atoms with van der Waals surface area (Å²) in [6, 6.07) is 8.01. The second-order valence-corrected chi connectivity index (χ2v) is 4.23. The van der Waals surface area contributed by atoms with Gasteiger partial charge in [-0.3, -0.25) is 4.98 Å². The Hall–Kier alpha value is -1.66. The van der Waals surface area contributed by atoms with Crippen molar-refractivity contribution in [1.29, 1.82) is 0 Å². The van der Waals surface area contributed by atoms with Gasteiger partial charge in [-0.05, 0) is 11.6 Å². The fraction of sp³-hybridized carbons (Fsp3) is 0.0909. The van der Waals surface area contributed by atoms with Crippen molar-refractivity contribution in [2.45, 2.75) is 6.54 Å². The van der Waals surface area contributed by atoms with Gasteiger partial charge in [0.2, 0.25) is 0 Å². The van der Waals surface area contributed by atoms with Crippen molar-refractivity contribution < 1.29 is 0 Å². The van der Waals surface area contributed by atoms with Gasteiger partial charge in [0, 0.05) is 11.0 Å². The molecule has 5 nitrogen and oxygen atoms in total. The zero-order valence-electron chi connectivity index (χ0n) is 9.02. The molecule has 6 heteroatoms. The van der Waals surface area contributed by atoms with Crippen LogP contribution in [0.3, 0.4) is 0 Å². The van der Waals surface area contributed by atoms with Crippen LogP contribution in [-0.4, -0.2) is 9.97 Å². The van der Waals surface area contributed by atoms with E-state index in [0.29, 0.717) is 18.2 Å². The molecular formula is C11H12BrN5. The molecule has 0 aliphatic heterocycles. The minimum Gasteiger partial charge on any atom is -0.365 e. The second kappa shape index (κ2) is 5.60. The van der Waals surface area contributed by atoms with Gasteiger partial charge in [0.15, 0.2) is 5.82 Å². The molecule has 1 aromatic carbocycles. The Labute approximate surface area is 108 Å². The van der Waals surface area contributed by atoms with Crippen molar-refractivity contribution in [3.8, 4) is 0 Å². The minimum absolute atomic E-state index is 0.530. The predicted molar refractivity (Wildman–Crippen MR) is 71.3 cm³/mol. The van der Waals surface area contributed by atoms with E-state index < -0.39 is 0 Å². The van der Waals surface area contributed by atoms with Crippen LogP contribution in [0.1, 0.15) is 5.56 Å². The van der Waals surface area contributed by atoms with E-state index in [-0.39, 0.29) is 0 Å². The highest BCUT2D eigenvalue weighted by Crippen LogP contribution is 2.17. The molecule has 1 heterocycles. The average molecular weight is 294 g/mol. The Balaban J connectivity index is 2.05. The van der Waals surface area contributed by atoms with Crippen molar-refractivity contribution in [3.63, 3.8) is 0 Å². The molecule has 2 aromatic rings. The normalized spacial score (nSPS) is 10.0. The molecule has 0 spiro atoms. The number of anilines is 2. The Morgan fingerprint density at radius 2 is 1.94 bits per heavy atom. The highest BCUT2D eigenvalue weighted by atomic mass is 79.9. The number of nitrogens with two attached hydrogens (primary N) is 1. The van der Waals surface area contributed by atoms with Gasteiger partial charge in [-0.25, -0.2) is 10.8 Å². The molecule has 2 rings (SSSR count). The first-order valence-electron chi connectivity index (χ1n) is 5.05. The van der Waals surface area contributed by atoms with Gasteiger partial charge in [-0.1, -0.05) is 34.1 Å². The summed E-state index contributed by atoms with van der Waals surface area (Å²) < 4.78 is 1.06. The van der Waals surface area contributed by atoms with Crippen molar-refractivity contribution >= 4 is 27.6 Å². The molecule has 0 aliphatic rings. The van der Waals surface area contributed by atoms with Crippen LogP contribution in [0.4, 0.5) is 11.6 Å². The van der Waals surface area contributed by atoms with Gasteiger partial charge in [0.1, 0.15) is 5.82 Å². The molecule has 0 saturated heterocycles. The van der Waals surface area contributed by atoms with Crippen LogP contribution in [0.2, 0.25) is 0 Å².